The second-order valence-corrected chi connectivity index (χ2v) is 6.14. The molecular formula is C14H27NO2. The number of hydrogen-bond donors (Lipinski definition) is 3. The molecule has 0 amide bonds. The van der Waals surface area contributed by atoms with Crippen LogP contribution in [0.15, 0.2) is 0 Å². The fourth-order valence-electron chi connectivity index (χ4n) is 3.36. The van der Waals surface area contributed by atoms with E-state index >= 15 is 0 Å². The van der Waals surface area contributed by atoms with E-state index in [9.17, 15) is 10.2 Å². The van der Waals surface area contributed by atoms with Gasteiger partial charge in [0.2, 0.25) is 0 Å². The quantitative estimate of drug-likeness (QED) is 0.660. The molecule has 100 valence electrons. The Morgan fingerprint density at radius 2 is 1.35 bits per heavy atom. The molecule has 3 heteroatoms. The standard InChI is InChI=1S/C14H27NO2/c16-12-13(7-5-6-8-13)15-11-14(17)9-3-1-2-4-10-14/h15-17H,1-12H2. The second-order valence-electron chi connectivity index (χ2n) is 6.14. The molecule has 0 atom stereocenters. The lowest BCUT2D eigenvalue weighted by Gasteiger charge is -2.34. The molecule has 0 radical (unpaired) electrons. The van der Waals surface area contributed by atoms with Crippen molar-refractivity contribution in [2.45, 2.75) is 75.3 Å². The Labute approximate surface area is 105 Å². The van der Waals surface area contributed by atoms with E-state index in [0.29, 0.717) is 6.54 Å². The molecule has 3 nitrogen and oxygen atoms in total. The van der Waals surface area contributed by atoms with E-state index in [-0.39, 0.29) is 12.1 Å². The molecule has 0 aromatic carbocycles. The van der Waals surface area contributed by atoms with Crippen molar-refractivity contribution < 1.29 is 10.2 Å². The third kappa shape index (κ3) is 3.43. The Morgan fingerprint density at radius 1 is 0.824 bits per heavy atom. The SMILES string of the molecule is OCC1(NCC2(O)CCCCCC2)CCCC1. The van der Waals surface area contributed by atoms with Gasteiger partial charge in [0.25, 0.3) is 0 Å². The van der Waals surface area contributed by atoms with Gasteiger partial charge in [-0.25, -0.2) is 0 Å². The van der Waals surface area contributed by atoms with E-state index in [2.05, 4.69) is 5.32 Å². The summed E-state index contributed by atoms with van der Waals surface area (Å²) in [6.45, 7) is 0.872. The van der Waals surface area contributed by atoms with Crippen molar-refractivity contribution in [3.63, 3.8) is 0 Å². The molecule has 17 heavy (non-hydrogen) atoms. The Morgan fingerprint density at radius 3 is 1.88 bits per heavy atom. The minimum Gasteiger partial charge on any atom is -0.394 e. The summed E-state index contributed by atoms with van der Waals surface area (Å²) in [6.07, 6.45) is 11.1. The van der Waals surface area contributed by atoms with Crippen LogP contribution in [0, 0.1) is 0 Å². The summed E-state index contributed by atoms with van der Waals surface area (Å²) in [5, 5.41) is 23.6. The monoisotopic (exact) mass is 241 g/mol. The third-order valence-electron chi connectivity index (χ3n) is 4.69. The predicted molar refractivity (Wildman–Crippen MR) is 68.9 cm³/mol. The topological polar surface area (TPSA) is 52.5 Å². The Hall–Kier alpha value is -0.120. The van der Waals surface area contributed by atoms with Gasteiger partial charge in [-0.2, -0.15) is 0 Å². The van der Waals surface area contributed by atoms with E-state index in [0.717, 1.165) is 38.5 Å². The molecule has 0 aromatic rings. The van der Waals surface area contributed by atoms with Gasteiger partial charge < -0.3 is 15.5 Å². The first-order valence-corrected chi connectivity index (χ1v) is 7.26. The molecule has 0 unspecified atom stereocenters. The summed E-state index contributed by atoms with van der Waals surface area (Å²) >= 11 is 0. The number of β-amino-alcohol motifs (C(OH)–C–C–N with tert-alkyl or cyclic N) is 1. The number of hydrogen-bond acceptors (Lipinski definition) is 3. The highest BCUT2D eigenvalue weighted by molar-refractivity contribution is 4.95. The highest BCUT2D eigenvalue weighted by atomic mass is 16.3. The Kier molecular flexibility index (Phi) is 4.45. The Balaban J connectivity index is 1.86. The highest BCUT2D eigenvalue weighted by Crippen LogP contribution is 2.31. The molecule has 2 saturated carbocycles. The smallest absolute Gasteiger partial charge is 0.0771 e. The molecule has 2 aliphatic carbocycles. The van der Waals surface area contributed by atoms with E-state index in [4.69, 9.17) is 0 Å². The van der Waals surface area contributed by atoms with Gasteiger partial charge in [-0.3, -0.25) is 0 Å². The van der Waals surface area contributed by atoms with E-state index in [1.54, 1.807) is 0 Å². The van der Waals surface area contributed by atoms with Crippen LogP contribution in [-0.2, 0) is 0 Å². The zero-order chi connectivity index (χ0) is 12.2. The average molecular weight is 241 g/mol. The summed E-state index contributed by atoms with van der Waals surface area (Å²) in [6, 6.07) is 0. The summed E-state index contributed by atoms with van der Waals surface area (Å²) < 4.78 is 0. The van der Waals surface area contributed by atoms with Gasteiger partial charge >= 0.3 is 0 Å². The predicted octanol–water partition coefficient (Wildman–Crippen LogP) is 1.97. The number of rotatable bonds is 4. The third-order valence-corrected chi connectivity index (χ3v) is 4.69. The maximum atomic E-state index is 10.6. The zero-order valence-corrected chi connectivity index (χ0v) is 10.9. The molecule has 2 aliphatic rings. The van der Waals surface area contributed by atoms with Gasteiger partial charge in [-0.05, 0) is 25.7 Å². The lowest BCUT2D eigenvalue weighted by Crippen LogP contribution is -2.52. The minimum atomic E-state index is -0.527. The first-order chi connectivity index (χ1) is 8.18. The molecule has 0 heterocycles. The summed E-state index contributed by atoms with van der Waals surface area (Å²) in [5.74, 6) is 0. The first kappa shape index (κ1) is 13.3. The fourth-order valence-corrected chi connectivity index (χ4v) is 3.36. The minimum absolute atomic E-state index is 0.0952. The maximum Gasteiger partial charge on any atom is 0.0771 e. The van der Waals surface area contributed by atoms with Crippen LogP contribution < -0.4 is 5.32 Å². The molecule has 0 spiro atoms. The summed E-state index contributed by atoms with van der Waals surface area (Å²) in [7, 11) is 0. The van der Waals surface area contributed by atoms with Crippen LogP contribution >= 0.6 is 0 Å². The van der Waals surface area contributed by atoms with Crippen LogP contribution in [-0.4, -0.2) is 34.5 Å². The zero-order valence-electron chi connectivity index (χ0n) is 10.9. The average Bonchev–Trinajstić information content (AvgIpc) is 2.71. The van der Waals surface area contributed by atoms with Crippen LogP contribution in [0.3, 0.4) is 0 Å². The van der Waals surface area contributed by atoms with Gasteiger partial charge in [0.05, 0.1) is 12.2 Å². The molecule has 2 rings (SSSR count). The van der Waals surface area contributed by atoms with Gasteiger partial charge in [-0.15, -0.1) is 0 Å². The van der Waals surface area contributed by atoms with Crippen LogP contribution in [0.2, 0.25) is 0 Å². The van der Waals surface area contributed by atoms with Crippen molar-refractivity contribution in [1.29, 1.82) is 0 Å². The lowest BCUT2D eigenvalue weighted by molar-refractivity contribution is 0.0124. The van der Waals surface area contributed by atoms with Gasteiger partial charge in [0, 0.05) is 12.1 Å². The van der Waals surface area contributed by atoms with Crippen molar-refractivity contribution >= 4 is 0 Å². The highest BCUT2D eigenvalue weighted by Gasteiger charge is 2.36. The first-order valence-electron chi connectivity index (χ1n) is 7.26. The van der Waals surface area contributed by atoms with Gasteiger partial charge in [0.15, 0.2) is 0 Å². The Bertz CT molecular complexity index is 228. The molecule has 2 fully saturated rings. The molecular weight excluding hydrogens is 214 g/mol. The van der Waals surface area contributed by atoms with Crippen molar-refractivity contribution in [3.05, 3.63) is 0 Å². The number of aliphatic hydroxyl groups is 2. The summed E-state index contributed by atoms with van der Waals surface area (Å²) in [4.78, 5) is 0. The fraction of sp³-hybridized carbons (Fsp3) is 1.00. The molecule has 3 N–H and O–H groups in total. The van der Waals surface area contributed by atoms with E-state index < -0.39 is 5.60 Å². The van der Waals surface area contributed by atoms with Crippen LogP contribution in [0.5, 0.6) is 0 Å². The van der Waals surface area contributed by atoms with E-state index in [1.165, 1.54) is 25.7 Å². The maximum absolute atomic E-state index is 10.6. The van der Waals surface area contributed by atoms with Crippen LogP contribution in [0.4, 0.5) is 0 Å². The molecule has 0 aromatic heterocycles. The van der Waals surface area contributed by atoms with Crippen molar-refractivity contribution in [2.24, 2.45) is 0 Å². The van der Waals surface area contributed by atoms with Gasteiger partial charge in [-0.1, -0.05) is 38.5 Å². The van der Waals surface area contributed by atoms with Gasteiger partial charge in [0.1, 0.15) is 0 Å². The normalized spacial score (nSPS) is 27.9. The van der Waals surface area contributed by atoms with Crippen molar-refractivity contribution in [1.82, 2.24) is 5.32 Å². The molecule has 0 bridgehead atoms. The van der Waals surface area contributed by atoms with Crippen LogP contribution in [0.1, 0.15) is 64.2 Å². The molecule has 0 saturated heterocycles. The molecule has 0 aliphatic heterocycles. The van der Waals surface area contributed by atoms with Crippen LogP contribution in [0.25, 0.3) is 0 Å². The summed E-state index contributed by atoms with van der Waals surface area (Å²) in [5.41, 5.74) is -0.622. The second kappa shape index (κ2) is 5.68. The number of aliphatic hydroxyl groups excluding tert-OH is 1. The number of nitrogens with one attached hydrogen (secondary N) is 1. The largest absolute Gasteiger partial charge is 0.394 e. The van der Waals surface area contributed by atoms with Crippen molar-refractivity contribution in [3.8, 4) is 0 Å². The van der Waals surface area contributed by atoms with Crippen molar-refractivity contribution in [2.75, 3.05) is 13.2 Å². The van der Waals surface area contributed by atoms with E-state index in [1.807, 2.05) is 0 Å². The lowest BCUT2D eigenvalue weighted by atomic mass is 9.91.